The van der Waals surface area contributed by atoms with Crippen LogP contribution < -0.4 is 10.6 Å². The standard InChI is InChI=1S/C20H35N3O6/c1-12(2)11-15(22-19(28)29-20(4,5)6)17(25)23-9-7-14(8-10-23)16(24)21-13(3)18(26)27/h12-15H,7-11H2,1-6H3,(H,21,24)(H,22,28)(H,26,27)/t13-,15-/m0/s1. The van der Waals surface area contributed by atoms with Crippen molar-refractivity contribution in [1.29, 1.82) is 0 Å². The Kier molecular flexibility index (Phi) is 8.91. The molecule has 1 fully saturated rings. The Labute approximate surface area is 172 Å². The first kappa shape index (κ1) is 24.7. The molecule has 0 aromatic rings. The maximum absolute atomic E-state index is 13.0. The van der Waals surface area contributed by atoms with Gasteiger partial charge in [-0.15, -0.1) is 0 Å². The third-order valence-electron chi connectivity index (χ3n) is 4.60. The molecule has 1 aliphatic rings. The third-order valence-corrected chi connectivity index (χ3v) is 4.60. The summed E-state index contributed by atoms with van der Waals surface area (Å²) in [5.74, 6) is -1.72. The molecule has 1 saturated heterocycles. The van der Waals surface area contributed by atoms with Crippen LogP contribution in [-0.2, 0) is 19.1 Å². The average molecular weight is 414 g/mol. The number of carbonyl (C=O) groups is 4. The summed E-state index contributed by atoms with van der Waals surface area (Å²) in [5, 5.41) is 14.1. The number of hydrogen-bond donors (Lipinski definition) is 3. The number of likely N-dealkylation sites (tertiary alicyclic amines) is 1. The van der Waals surface area contributed by atoms with Crippen molar-refractivity contribution >= 4 is 23.9 Å². The van der Waals surface area contributed by atoms with Gasteiger partial charge in [0.25, 0.3) is 0 Å². The van der Waals surface area contributed by atoms with Gasteiger partial charge in [0.2, 0.25) is 11.8 Å². The maximum Gasteiger partial charge on any atom is 0.408 e. The van der Waals surface area contributed by atoms with Gasteiger partial charge < -0.3 is 25.4 Å². The fraction of sp³-hybridized carbons (Fsp3) is 0.800. The Hall–Kier alpha value is -2.32. The summed E-state index contributed by atoms with van der Waals surface area (Å²) in [4.78, 5) is 49.8. The van der Waals surface area contributed by atoms with E-state index in [0.29, 0.717) is 32.4 Å². The topological polar surface area (TPSA) is 125 Å². The molecule has 0 unspecified atom stereocenters. The van der Waals surface area contributed by atoms with Gasteiger partial charge in [-0.05, 0) is 52.9 Å². The summed E-state index contributed by atoms with van der Waals surface area (Å²) in [5.41, 5.74) is -0.658. The lowest BCUT2D eigenvalue weighted by Crippen LogP contribution is -2.53. The molecule has 0 spiro atoms. The van der Waals surface area contributed by atoms with Crippen molar-refractivity contribution < 1.29 is 29.0 Å². The average Bonchev–Trinajstić information content (AvgIpc) is 2.58. The van der Waals surface area contributed by atoms with Crippen molar-refractivity contribution in [1.82, 2.24) is 15.5 Å². The number of aliphatic carboxylic acids is 1. The van der Waals surface area contributed by atoms with E-state index in [1.165, 1.54) is 6.92 Å². The zero-order valence-corrected chi connectivity index (χ0v) is 18.3. The van der Waals surface area contributed by atoms with Crippen LogP contribution in [-0.4, -0.2) is 64.7 Å². The predicted octanol–water partition coefficient (Wildman–Crippen LogP) is 1.75. The summed E-state index contributed by atoms with van der Waals surface area (Å²) in [6.07, 6.45) is 0.748. The summed E-state index contributed by atoms with van der Waals surface area (Å²) in [6, 6.07) is -1.64. The number of carboxylic acids is 1. The van der Waals surface area contributed by atoms with Crippen LogP contribution in [0.25, 0.3) is 0 Å². The maximum atomic E-state index is 13.0. The Morgan fingerprint density at radius 3 is 2.07 bits per heavy atom. The Morgan fingerprint density at radius 2 is 1.62 bits per heavy atom. The van der Waals surface area contributed by atoms with Crippen molar-refractivity contribution in [3.8, 4) is 0 Å². The van der Waals surface area contributed by atoms with Crippen LogP contribution >= 0.6 is 0 Å². The minimum Gasteiger partial charge on any atom is -0.480 e. The highest BCUT2D eigenvalue weighted by atomic mass is 16.6. The Balaban J connectivity index is 2.66. The van der Waals surface area contributed by atoms with Crippen LogP contribution in [0.2, 0.25) is 0 Å². The van der Waals surface area contributed by atoms with Gasteiger partial charge >= 0.3 is 12.1 Å². The third kappa shape index (κ3) is 8.70. The van der Waals surface area contributed by atoms with Gasteiger partial charge in [-0.2, -0.15) is 0 Å². The quantitative estimate of drug-likeness (QED) is 0.584. The molecule has 2 atom stereocenters. The van der Waals surface area contributed by atoms with Crippen LogP contribution in [0.5, 0.6) is 0 Å². The number of nitrogens with one attached hydrogen (secondary N) is 2. The van der Waals surface area contributed by atoms with E-state index in [0.717, 1.165) is 0 Å². The summed E-state index contributed by atoms with van der Waals surface area (Å²) in [7, 11) is 0. The van der Waals surface area contributed by atoms with E-state index < -0.39 is 29.7 Å². The number of nitrogens with zero attached hydrogens (tertiary/aromatic N) is 1. The van der Waals surface area contributed by atoms with E-state index in [-0.39, 0.29) is 23.7 Å². The molecule has 9 nitrogen and oxygen atoms in total. The molecule has 0 aliphatic carbocycles. The van der Waals surface area contributed by atoms with E-state index in [4.69, 9.17) is 9.84 Å². The molecule has 0 bridgehead atoms. The minimum absolute atomic E-state index is 0.192. The first-order valence-corrected chi connectivity index (χ1v) is 10.1. The fourth-order valence-corrected chi connectivity index (χ4v) is 3.12. The second-order valence-electron chi connectivity index (χ2n) is 9.00. The Bertz CT molecular complexity index is 606. The summed E-state index contributed by atoms with van der Waals surface area (Å²) >= 11 is 0. The number of rotatable bonds is 7. The zero-order chi connectivity index (χ0) is 22.4. The fourth-order valence-electron chi connectivity index (χ4n) is 3.12. The van der Waals surface area contributed by atoms with E-state index in [1.54, 1.807) is 25.7 Å². The van der Waals surface area contributed by atoms with Gasteiger partial charge in [-0.25, -0.2) is 4.79 Å². The molecule has 3 N–H and O–H groups in total. The van der Waals surface area contributed by atoms with Gasteiger partial charge in [0.15, 0.2) is 0 Å². The van der Waals surface area contributed by atoms with Gasteiger partial charge in [0.1, 0.15) is 17.7 Å². The molecule has 1 heterocycles. The number of carbonyl (C=O) groups excluding carboxylic acids is 3. The molecule has 0 aromatic heterocycles. The first-order valence-electron chi connectivity index (χ1n) is 10.1. The molecule has 29 heavy (non-hydrogen) atoms. The minimum atomic E-state index is -1.09. The van der Waals surface area contributed by atoms with E-state index in [1.807, 2.05) is 13.8 Å². The van der Waals surface area contributed by atoms with Crippen molar-refractivity contribution in [3.05, 3.63) is 0 Å². The number of ether oxygens (including phenoxy) is 1. The van der Waals surface area contributed by atoms with Crippen LogP contribution in [0.15, 0.2) is 0 Å². The van der Waals surface area contributed by atoms with Crippen LogP contribution in [0, 0.1) is 11.8 Å². The molecule has 0 radical (unpaired) electrons. The molecule has 1 aliphatic heterocycles. The summed E-state index contributed by atoms with van der Waals surface area (Å²) < 4.78 is 5.27. The van der Waals surface area contributed by atoms with Crippen molar-refractivity contribution in [3.63, 3.8) is 0 Å². The highest BCUT2D eigenvalue weighted by Gasteiger charge is 2.33. The molecular formula is C20H35N3O6. The molecular weight excluding hydrogens is 378 g/mol. The van der Waals surface area contributed by atoms with Gasteiger partial charge in [-0.3, -0.25) is 14.4 Å². The molecule has 0 saturated carbocycles. The lowest BCUT2D eigenvalue weighted by molar-refractivity contribution is -0.142. The lowest BCUT2D eigenvalue weighted by Gasteiger charge is -2.34. The molecule has 3 amide bonds. The van der Waals surface area contributed by atoms with Crippen molar-refractivity contribution in [2.75, 3.05) is 13.1 Å². The number of piperidine rings is 1. The first-order chi connectivity index (χ1) is 13.3. The van der Waals surface area contributed by atoms with Crippen molar-refractivity contribution in [2.45, 2.75) is 78.5 Å². The largest absolute Gasteiger partial charge is 0.480 e. The monoisotopic (exact) mass is 413 g/mol. The van der Waals surface area contributed by atoms with Gasteiger partial charge in [0, 0.05) is 19.0 Å². The second kappa shape index (κ2) is 10.5. The predicted molar refractivity (Wildman–Crippen MR) is 107 cm³/mol. The van der Waals surface area contributed by atoms with E-state index >= 15 is 0 Å². The molecule has 1 rings (SSSR count). The number of amides is 3. The number of hydrogen-bond acceptors (Lipinski definition) is 5. The number of carboxylic acid groups (broad SMARTS) is 1. The second-order valence-corrected chi connectivity index (χ2v) is 9.00. The highest BCUT2D eigenvalue weighted by Crippen LogP contribution is 2.20. The van der Waals surface area contributed by atoms with Crippen molar-refractivity contribution in [2.24, 2.45) is 11.8 Å². The van der Waals surface area contributed by atoms with Crippen LogP contribution in [0.3, 0.4) is 0 Å². The van der Waals surface area contributed by atoms with Crippen LogP contribution in [0.1, 0.15) is 60.8 Å². The lowest BCUT2D eigenvalue weighted by atomic mass is 9.94. The highest BCUT2D eigenvalue weighted by molar-refractivity contribution is 5.87. The van der Waals surface area contributed by atoms with Gasteiger partial charge in [0.05, 0.1) is 0 Å². The molecule has 166 valence electrons. The van der Waals surface area contributed by atoms with Crippen LogP contribution in [0.4, 0.5) is 4.79 Å². The normalized spacial score (nSPS) is 17.4. The molecule has 0 aromatic carbocycles. The Morgan fingerprint density at radius 1 is 1.07 bits per heavy atom. The van der Waals surface area contributed by atoms with Gasteiger partial charge in [-0.1, -0.05) is 13.8 Å². The SMILES string of the molecule is CC(C)C[C@H](NC(=O)OC(C)(C)C)C(=O)N1CCC(C(=O)N[C@@H](C)C(=O)O)CC1. The number of alkyl carbamates (subject to hydrolysis) is 1. The van der Waals surface area contributed by atoms with E-state index in [2.05, 4.69) is 10.6 Å². The summed E-state index contributed by atoms with van der Waals surface area (Å²) in [6.45, 7) is 11.4. The van der Waals surface area contributed by atoms with E-state index in [9.17, 15) is 19.2 Å². The smallest absolute Gasteiger partial charge is 0.408 e. The zero-order valence-electron chi connectivity index (χ0n) is 18.3. The molecule has 9 heteroatoms.